The molecule has 1 aromatic rings. The molecule has 2 heteroatoms. The molecule has 1 heterocycles. The van der Waals surface area contributed by atoms with Crippen LogP contribution in [0.25, 0.3) is 0 Å². The summed E-state index contributed by atoms with van der Waals surface area (Å²) in [6.07, 6.45) is 4.81. The van der Waals surface area contributed by atoms with Crippen molar-refractivity contribution in [3.05, 3.63) is 23.0 Å². The molecule has 20 heavy (non-hydrogen) atoms. The van der Waals surface area contributed by atoms with E-state index < -0.39 is 0 Å². The van der Waals surface area contributed by atoms with Crippen LogP contribution in [0.1, 0.15) is 83.7 Å². The van der Waals surface area contributed by atoms with Gasteiger partial charge in [-0.25, -0.2) is 0 Å². The predicted octanol–water partition coefficient (Wildman–Crippen LogP) is 4.63. The zero-order chi connectivity index (χ0) is 14.8. The molecule has 1 aromatic heterocycles. The fourth-order valence-corrected chi connectivity index (χ4v) is 4.24. The van der Waals surface area contributed by atoms with E-state index in [4.69, 9.17) is 0 Å². The minimum Gasteiger partial charge on any atom is -0.155 e. The van der Waals surface area contributed by atoms with Gasteiger partial charge in [0.05, 0.1) is 11.4 Å². The molecule has 2 bridgehead atoms. The minimum atomic E-state index is 0.239. The van der Waals surface area contributed by atoms with Crippen molar-refractivity contribution in [3.63, 3.8) is 0 Å². The van der Waals surface area contributed by atoms with Crippen molar-refractivity contribution < 1.29 is 0 Å². The largest absolute Gasteiger partial charge is 0.155 e. The van der Waals surface area contributed by atoms with E-state index in [2.05, 4.69) is 57.8 Å². The topological polar surface area (TPSA) is 25.8 Å². The molecule has 2 nitrogen and oxygen atoms in total. The van der Waals surface area contributed by atoms with Crippen LogP contribution in [-0.4, -0.2) is 10.2 Å². The third-order valence-electron chi connectivity index (χ3n) is 6.13. The maximum absolute atomic E-state index is 4.66. The Morgan fingerprint density at radius 2 is 1.90 bits per heavy atom. The summed E-state index contributed by atoms with van der Waals surface area (Å²) in [4.78, 5) is 0. The third-order valence-corrected chi connectivity index (χ3v) is 6.13. The van der Waals surface area contributed by atoms with E-state index in [0.29, 0.717) is 16.7 Å². The van der Waals surface area contributed by atoms with E-state index in [-0.39, 0.29) is 5.41 Å². The fraction of sp³-hybridized carbons (Fsp3) is 0.778. The molecule has 0 radical (unpaired) electrons. The molecule has 0 spiro atoms. The lowest BCUT2D eigenvalue weighted by Gasteiger charge is -2.33. The maximum Gasteiger partial charge on any atom is 0.0730 e. The lowest BCUT2D eigenvalue weighted by atomic mass is 9.70. The van der Waals surface area contributed by atoms with Crippen LogP contribution in [0.5, 0.6) is 0 Å². The van der Waals surface area contributed by atoms with Gasteiger partial charge in [-0.05, 0) is 54.1 Å². The summed E-state index contributed by atoms with van der Waals surface area (Å²) in [6.45, 7) is 14.1. The molecular formula is C18H28N2. The van der Waals surface area contributed by atoms with Gasteiger partial charge in [-0.2, -0.15) is 10.2 Å². The Labute approximate surface area is 123 Å². The second-order valence-corrected chi connectivity index (χ2v) is 8.85. The number of hydrogen-bond donors (Lipinski definition) is 0. The van der Waals surface area contributed by atoms with Gasteiger partial charge in [-0.15, -0.1) is 0 Å². The molecule has 2 aliphatic carbocycles. The van der Waals surface area contributed by atoms with Gasteiger partial charge >= 0.3 is 0 Å². The van der Waals surface area contributed by atoms with Gasteiger partial charge in [-0.3, -0.25) is 0 Å². The molecule has 2 atom stereocenters. The van der Waals surface area contributed by atoms with Gasteiger partial charge in [0.1, 0.15) is 0 Å². The monoisotopic (exact) mass is 272 g/mol. The summed E-state index contributed by atoms with van der Waals surface area (Å²) in [7, 11) is 0. The van der Waals surface area contributed by atoms with E-state index in [0.717, 1.165) is 6.42 Å². The normalized spacial score (nSPS) is 30.6. The Kier molecular flexibility index (Phi) is 2.84. The molecule has 0 amide bonds. The van der Waals surface area contributed by atoms with Crippen molar-refractivity contribution in [1.29, 1.82) is 0 Å². The van der Waals surface area contributed by atoms with E-state index in [1.54, 1.807) is 0 Å². The van der Waals surface area contributed by atoms with Crippen molar-refractivity contribution in [3.8, 4) is 0 Å². The summed E-state index contributed by atoms with van der Waals surface area (Å²) in [5, 5.41) is 9.19. The molecule has 0 aromatic carbocycles. The first-order valence-electron chi connectivity index (χ1n) is 8.02. The Morgan fingerprint density at radius 1 is 1.20 bits per heavy atom. The molecule has 0 saturated heterocycles. The quantitative estimate of drug-likeness (QED) is 0.784. The Balaban J connectivity index is 1.92. The van der Waals surface area contributed by atoms with Crippen LogP contribution in [0.4, 0.5) is 0 Å². The van der Waals surface area contributed by atoms with Crippen LogP contribution in [-0.2, 0) is 11.8 Å². The highest BCUT2D eigenvalue weighted by Crippen LogP contribution is 2.66. The second kappa shape index (κ2) is 4.05. The SMILES string of the molecule is CC(C)(C)CCc1cc2c(nn1)[C@@]1(C)CC[C@@H]2C1(C)C. The Hall–Kier alpha value is -0.920. The van der Waals surface area contributed by atoms with Crippen LogP contribution in [0.15, 0.2) is 6.07 Å². The van der Waals surface area contributed by atoms with Crippen LogP contribution in [0.3, 0.4) is 0 Å². The lowest BCUT2D eigenvalue weighted by Crippen LogP contribution is -2.32. The first kappa shape index (κ1) is 14.0. The van der Waals surface area contributed by atoms with E-state index in [9.17, 15) is 0 Å². The number of aromatic nitrogens is 2. The number of nitrogens with zero attached hydrogens (tertiary/aromatic N) is 2. The number of hydrogen-bond acceptors (Lipinski definition) is 2. The maximum atomic E-state index is 4.66. The van der Waals surface area contributed by atoms with Crippen molar-refractivity contribution in [2.45, 2.75) is 78.6 Å². The van der Waals surface area contributed by atoms with Gasteiger partial charge in [0.15, 0.2) is 0 Å². The summed E-state index contributed by atoms with van der Waals surface area (Å²) in [5.74, 6) is 0.686. The first-order valence-corrected chi connectivity index (χ1v) is 8.02. The third kappa shape index (κ3) is 1.83. The van der Waals surface area contributed by atoms with Crippen LogP contribution in [0, 0.1) is 10.8 Å². The van der Waals surface area contributed by atoms with Crippen LogP contribution in [0.2, 0.25) is 0 Å². The van der Waals surface area contributed by atoms with E-state index in [1.807, 2.05) is 0 Å². The number of rotatable bonds is 2. The number of aryl methyl sites for hydroxylation is 1. The fourth-order valence-electron chi connectivity index (χ4n) is 4.24. The van der Waals surface area contributed by atoms with Crippen molar-refractivity contribution in [1.82, 2.24) is 10.2 Å². The van der Waals surface area contributed by atoms with E-state index >= 15 is 0 Å². The van der Waals surface area contributed by atoms with Crippen LogP contribution >= 0.6 is 0 Å². The smallest absolute Gasteiger partial charge is 0.0730 e. The van der Waals surface area contributed by atoms with Gasteiger partial charge in [0, 0.05) is 5.41 Å². The summed E-state index contributed by atoms with van der Waals surface area (Å²) in [6, 6.07) is 2.37. The highest BCUT2D eigenvalue weighted by atomic mass is 15.1. The molecule has 1 fully saturated rings. The Bertz CT molecular complexity index is 539. The molecule has 0 unspecified atom stereocenters. The predicted molar refractivity (Wildman–Crippen MR) is 82.9 cm³/mol. The molecule has 2 aliphatic rings. The van der Waals surface area contributed by atoms with Crippen LogP contribution < -0.4 is 0 Å². The summed E-state index contributed by atoms with van der Waals surface area (Å²) in [5.41, 5.74) is 4.92. The average Bonchev–Trinajstić information content (AvgIpc) is 2.66. The zero-order valence-electron chi connectivity index (χ0n) is 13.9. The van der Waals surface area contributed by atoms with Gasteiger partial charge in [0.2, 0.25) is 0 Å². The van der Waals surface area contributed by atoms with Crippen molar-refractivity contribution >= 4 is 0 Å². The number of fused-ring (bicyclic) bond motifs is 5. The molecule has 110 valence electrons. The average molecular weight is 272 g/mol. The summed E-state index contributed by atoms with van der Waals surface area (Å²) >= 11 is 0. The molecule has 0 N–H and O–H groups in total. The van der Waals surface area contributed by atoms with Gasteiger partial charge in [-0.1, -0.05) is 41.5 Å². The van der Waals surface area contributed by atoms with E-state index in [1.165, 1.54) is 36.2 Å². The summed E-state index contributed by atoms with van der Waals surface area (Å²) < 4.78 is 0. The van der Waals surface area contributed by atoms with Crippen molar-refractivity contribution in [2.75, 3.05) is 0 Å². The zero-order valence-corrected chi connectivity index (χ0v) is 13.9. The first-order chi connectivity index (χ1) is 9.15. The highest BCUT2D eigenvalue weighted by molar-refractivity contribution is 5.45. The van der Waals surface area contributed by atoms with Gasteiger partial charge in [0.25, 0.3) is 0 Å². The second-order valence-electron chi connectivity index (χ2n) is 8.85. The minimum absolute atomic E-state index is 0.239. The molecule has 0 aliphatic heterocycles. The Morgan fingerprint density at radius 3 is 2.55 bits per heavy atom. The molecule has 3 rings (SSSR count). The van der Waals surface area contributed by atoms with Crippen molar-refractivity contribution in [2.24, 2.45) is 10.8 Å². The highest BCUT2D eigenvalue weighted by Gasteiger charge is 2.60. The van der Waals surface area contributed by atoms with Gasteiger partial charge < -0.3 is 0 Å². The molecular weight excluding hydrogens is 244 g/mol. The lowest BCUT2D eigenvalue weighted by molar-refractivity contribution is 0.226. The standard InChI is InChI=1S/C18H28N2/c1-16(2,3)9-7-12-11-13-14-8-10-18(6,17(14,4)5)15(13)20-19-12/h11,14H,7-10H2,1-6H3/t14-,18+/m0/s1. The molecule has 1 saturated carbocycles.